The van der Waals surface area contributed by atoms with Crippen LogP contribution in [0.15, 0.2) is 158 Å². The van der Waals surface area contributed by atoms with Crippen LogP contribution in [0.1, 0.15) is 138 Å². The molecule has 406 valence electrons. The Balaban J connectivity index is 0.858. The lowest BCUT2D eigenvalue weighted by atomic mass is 9.74. The van der Waals surface area contributed by atoms with Gasteiger partial charge in [-0.3, -0.25) is 0 Å². The monoisotopic (exact) mass is 1060 g/mol. The zero-order valence-electron chi connectivity index (χ0n) is 47.7. The molecule has 0 aliphatic carbocycles. The number of carbonyl (C=O) groups excluding carboxylic acids is 2. The van der Waals surface area contributed by atoms with Gasteiger partial charge in [-0.05, 0) is 169 Å². The summed E-state index contributed by atoms with van der Waals surface area (Å²) >= 11 is 0. The van der Waals surface area contributed by atoms with Crippen molar-refractivity contribution in [3.63, 3.8) is 0 Å². The molecule has 0 fully saturated rings. The lowest BCUT2D eigenvalue weighted by molar-refractivity contribution is 0.0214. The van der Waals surface area contributed by atoms with Crippen LogP contribution in [-0.4, -0.2) is 51.2 Å². The Morgan fingerprint density at radius 2 is 0.762 bits per heavy atom. The van der Waals surface area contributed by atoms with Crippen molar-refractivity contribution in [2.45, 2.75) is 92.3 Å². The van der Waals surface area contributed by atoms with E-state index in [-0.39, 0.29) is 17.4 Å². The van der Waals surface area contributed by atoms with Crippen LogP contribution in [-0.2, 0) is 26.1 Å². The normalized spacial score (nSPS) is 17.6. The van der Waals surface area contributed by atoms with Crippen molar-refractivity contribution in [1.82, 2.24) is 0 Å². The van der Waals surface area contributed by atoms with Crippen molar-refractivity contribution in [3.05, 3.63) is 224 Å². The second kappa shape index (κ2) is 20.0. The summed E-state index contributed by atoms with van der Waals surface area (Å²) in [5, 5.41) is 0. The first kappa shape index (κ1) is 52.2. The van der Waals surface area contributed by atoms with Gasteiger partial charge >= 0.3 is 11.9 Å². The van der Waals surface area contributed by atoms with Gasteiger partial charge in [0.15, 0.2) is 11.2 Å². The predicted molar refractivity (Wildman–Crippen MR) is 321 cm³/mol. The molecule has 8 aromatic carbocycles. The fourth-order valence-electron chi connectivity index (χ4n) is 13.3. The minimum atomic E-state index is -1.18. The van der Waals surface area contributed by atoms with Crippen molar-refractivity contribution < 1.29 is 28.5 Å². The van der Waals surface area contributed by atoms with E-state index in [1.54, 1.807) is 0 Å². The van der Waals surface area contributed by atoms with Gasteiger partial charge in [-0.25, -0.2) is 9.59 Å². The van der Waals surface area contributed by atoms with Gasteiger partial charge in [0.2, 0.25) is 0 Å². The number of anilines is 6. The fourth-order valence-corrected chi connectivity index (χ4v) is 13.3. The fraction of sp³-hybridized carbons (Fsp3) is 0.286. The Hall–Kier alpha value is -8.50. The van der Waals surface area contributed by atoms with Crippen LogP contribution in [0, 0.1) is 13.8 Å². The van der Waals surface area contributed by atoms with Gasteiger partial charge in [0.25, 0.3) is 0 Å². The standard InChI is InChI=1S/C70H70N4O6/c1-11-68(10,46-26-30-48(31-27-46)73(16-6)60-42-58-62(38-44(60)8)77-64-40-50(71(12-2)13-3)34-36-56(64)69(58)54-24-20-18-22-52(54)66(75)79-69)47-28-32-49(33-29-47)74(17-7)61-43-59-63(39-45(61)9)78-65-41-51(72(14-4)15-5)35-37-57(65)70(59)55-25-21-19-23-53(55)67(76)80-70/h18-43H,11-17H2,1-10H3. The summed E-state index contributed by atoms with van der Waals surface area (Å²) in [6.07, 6.45) is 0.884. The number of nitrogens with zero attached hydrogens (tertiary/aromatic N) is 4. The molecule has 4 aliphatic heterocycles. The number of benzene rings is 8. The number of rotatable bonds is 15. The van der Waals surface area contributed by atoms with E-state index in [1.807, 2.05) is 48.5 Å². The van der Waals surface area contributed by atoms with E-state index >= 15 is 0 Å². The van der Waals surface area contributed by atoms with Crippen LogP contribution < -0.4 is 29.1 Å². The van der Waals surface area contributed by atoms with Crippen molar-refractivity contribution in [3.8, 4) is 23.0 Å². The van der Waals surface area contributed by atoms with E-state index in [1.165, 1.54) is 11.1 Å². The van der Waals surface area contributed by atoms with Crippen molar-refractivity contribution in [2.75, 3.05) is 58.9 Å². The first-order chi connectivity index (χ1) is 38.8. The molecule has 0 amide bonds. The molecule has 2 spiro atoms. The minimum Gasteiger partial charge on any atom is -0.456 e. The highest BCUT2D eigenvalue weighted by Gasteiger charge is 2.55. The summed E-state index contributed by atoms with van der Waals surface area (Å²) in [7, 11) is 0. The van der Waals surface area contributed by atoms with Crippen LogP contribution in [0.4, 0.5) is 34.1 Å². The molecule has 10 heteroatoms. The lowest BCUT2D eigenvalue weighted by Gasteiger charge is -2.38. The molecule has 2 atom stereocenters. The van der Waals surface area contributed by atoms with Gasteiger partial charge in [-0.2, -0.15) is 0 Å². The van der Waals surface area contributed by atoms with E-state index < -0.39 is 11.2 Å². The summed E-state index contributed by atoms with van der Waals surface area (Å²) in [6.45, 7) is 26.6. The van der Waals surface area contributed by atoms with E-state index in [4.69, 9.17) is 18.9 Å². The van der Waals surface area contributed by atoms with Crippen LogP contribution in [0.2, 0.25) is 0 Å². The third-order valence-electron chi connectivity index (χ3n) is 17.8. The molecule has 4 aliphatic rings. The number of fused-ring (bicyclic) bond motifs is 12. The molecule has 12 rings (SSSR count). The Morgan fingerprint density at radius 1 is 0.400 bits per heavy atom. The smallest absolute Gasteiger partial charge is 0.340 e. The number of carbonyl (C=O) groups is 2. The van der Waals surface area contributed by atoms with Crippen molar-refractivity contribution in [2.24, 2.45) is 0 Å². The average molecular weight is 1060 g/mol. The van der Waals surface area contributed by atoms with E-state index in [9.17, 15) is 9.59 Å². The minimum absolute atomic E-state index is 0.293. The zero-order chi connectivity index (χ0) is 55.8. The summed E-state index contributed by atoms with van der Waals surface area (Å²) in [5.41, 5.74) is 14.1. The number of ether oxygens (including phenoxy) is 4. The highest BCUT2D eigenvalue weighted by atomic mass is 16.6. The van der Waals surface area contributed by atoms with Gasteiger partial charge in [0.1, 0.15) is 23.0 Å². The Kier molecular flexibility index (Phi) is 13.1. The Morgan fingerprint density at radius 3 is 1.12 bits per heavy atom. The number of aryl methyl sites for hydroxylation is 2. The molecule has 2 unspecified atom stereocenters. The second-order valence-electron chi connectivity index (χ2n) is 21.7. The lowest BCUT2D eigenvalue weighted by Crippen LogP contribution is -2.34. The molecule has 10 nitrogen and oxygen atoms in total. The van der Waals surface area contributed by atoms with Gasteiger partial charge in [0, 0.05) is 124 Å². The van der Waals surface area contributed by atoms with Crippen molar-refractivity contribution in [1.29, 1.82) is 0 Å². The first-order valence-corrected chi connectivity index (χ1v) is 28.7. The van der Waals surface area contributed by atoms with Gasteiger partial charge in [-0.1, -0.05) is 74.5 Å². The zero-order valence-corrected chi connectivity index (χ0v) is 47.7. The second-order valence-corrected chi connectivity index (χ2v) is 21.7. The number of esters is 2. The van der Waals surface area contributed by atoms with Gasteiger partial charge in [-0.15, -0.1) is 0 Å². The van der Waals surface area contributed by atoms with Gasteiger partial charge < -0.3 is 38.5 Å². The molecular weight excluding hydrogens is 993 g/mol. The maximum absolute atomic E-state index is 13.8. The van der Waals surface area contributed by atoms with Crippen molar-refractivity contribution >= 4 is 46.1 Å². The SMILES string of the molecule is CCN(CC)c1ccc2c(c1)Oc1cc(C)c(N(CC)c3ccc(C(C)(CC)c4ccc(N(CC)c5cc6c(cc5C)Oc5cc(N(CC)CC)ccc5C65OC(=O)c6ccccc65)cc4)cc3)cc1C21OC(=O)c2ccccc21. The van der Waals surface area contributed by atoms with E-state index in [0.29, 0.717) is 47.2 Å². The molecule has 0 saturated heterocycles. The topological polar surface area (TPSA) is 84.0 Å². The van der Waals surface area contributed by atoms with Crippen LogP contribution >= 0.6 is 0 Å². The summed E-state index contributed by atoms with van der Waals surface area (Å²) in [6, 6.07) is 54.7. The molecule has 80 heavy (non-hydrogen) atoms. The maximum atomic E-state index is 13.8. The highest BCUT2D eigenvalue weighted by Crippen LogP contribution is 2.60. The molecule has 0 aromatic heterocycles. The molecule has 0 N–H and O–H groups in total. The van der Waals surface area contributed by atoms with Crippen LogP contribution in [0.5, 0.6) is 23.0 Å². The molecule has 0 saturated carbocycles. The molecule has 0 bridgehead atoms. The Labute approximate surface area is 471 Å². The van der Waals surface area contributed by atoms with E-state index in [0.717, 1.165) is 111 Å². The van der Waals surface area contributed by atoms with Crippen LogP contribution in [0.3, 0.4) is 0 Å². The third-order valence-corrected chi connectivity index (χ3v) is 17.8. The third kappa shape index (κ3) is 7.80. The molecule has 0 radical (unpaired) electrons. The number of hydrogen-bond acceptors (Lipinski definition) is 10. The molecule has 8 aromatic rings. The Bertz CT molecular complexity index is 3510. The highest BCUT2D eigenvalue weighted by molar-refractivity contribution is 5.98. The van der Waals surface area contributed by atoms with Gasteiger partial charge in [0.05, 0.1) is 11.1 Å². The predicted octanol–water partition coefficient (Wildman–Crippen LogP) is 16.2. The summed E-state index contributed by atoms with van der Waals surface area (Å²) < 4.78 is 26.9. The largest absolute Gasteiger partial charge is 0.456 e. The first-order valence-electron chi connectivity index (χ1n) is 28.7. The molecule has 4 heterocycles. The maximum Gasteiger partial charge on any atom is 0.340 e. The van der Waals surface area contributed by atoms with E-state index in [2.05, 4.69) is 198 Å². The summed E-state index contributed by atoms with van der Waals surface area (Å²) in [5.74, 6) is 2.05. The molecular formula is C70H70N4O6. The summed E-state index contributed by atoms with van der Waals surface area (Å²) in [4.78, 5) is 37.0. The number of hydrogen-bond donors (Lipinski definition) is 0. The average Bonchev–Trinajstić information content (AvgIpc) is 3.94. The van der Waals surface area contributed by atoms with Crippen LogP contribution in [0.25, 0.3) is 0 Å². The quantitative estimate of drug-likeness (QED) is 0.0926.